The van der Waals surface area contributed by atoms with Crippen LogP contribution in [0, 0.1) is 18.3 Å². The molecule has 0 N–H and O–H groups in total. The summed E-state index contributed by atoms with van der Waals surface area (Å²) in [6.45, 7) is 1.88. The van der Waals surface area contributed by atoms with Gasteiger partial charge < -0.3 is 9.47 Å². The number of benzene rings is 2. The first-order chi connectivity index (χ1) is 15.0. The van der Waals surface area contributed by atoms with Crippen LogP contribution >= 0.6 is 0 Å². The largest absolute Gasteiger partial charge is 0.496 e. The molecule has 0 spiro atoms. The summed E-state index contributed by atoms with van der Waals surface area (Å²) < 4.78 is 10.4. The van der Waals surface area contributed by atoms with Crippen molar-refractivity contribution in [2.24, 2.45) is 7.05 Å². The highest BCUT2D eigenvalue weighted by Gasteiger charge is 2.20. The number of nitriles is 1. The number of allylic oxidation sites excluding steroid dienone is 2. The molecular weight excluding hydrogens is 394 g/mol. The van der Waals surface area contributed by atoms with Crippen molar-refractivity contribution in [1.82, 2.24) is 20.2 Å². The number of esters is 1. The molecule has 1 unspecified atom stereocenters. The zero-order valence-corrected chi connectivity index (χ0v) is 17.9. The van der Waals surface area contributed by atoms with Gasteiger partial charge in [-0.25, -0.2) is 4.79 Å². The van der Waals surface area contributed by atoms with Crippen molar-refractivity contribution in [3.8, 4) is 11.8 Å². The Morgan fingerprint density at radius 1 is 1.26 bits per heavy atom. The number of rotatable bonds is 7. The summed E-state index contributed by atoms with van der Waals surface area (Å²) in [5.74, 6) is 0.398. The topological polar surface area (TPSA) is 103 Å². The first-order valence-electron chi connectivity index (χ1n) is 9.63. The number of methoxy groups -OCH3 is 2. The lowest BCUT2D eigenvalue weighted by Gasteiger charge is -2.18. The van der Waals surface area contributed by atoms with Gasteiger partial charge >= 0.3 is 5.97 Å². The molecule has 1 aromatic heterocycles. The number of carbonyl (C=O) groups is 1. The van der Waals surface area contributed by atoms with E-state index in [2.05, 4.69) is 21.5 Å². The fourth-order valence-electron chi connectivity index (χ4n) is 3.44. The summed E-state index contributed by atoms with van der Waals surface area (Å²) in [7, 11) is 4.58. The van der Waals surface area contributed by atoms with E-state index in [-0.39, 0.29) is 5.92 Å². The van der Waals surface area contributed by atoms with E-state index in [1.54, 1.807) is 19.2 Å². The lowest BCUT2D eigenvalue weighted by molar-refractivity contribution is 0.0596. The lowest BCUT2D eigenvalue weighted by Crippen LogP contribution is -2.08. The molecule has 8 heteroatoms. The number of hydrogen-bond acceptors (Lipinski definition) is 7. The van der Waals surface area contributed by atoms with Gasteiger partial charge in [0, 0.05) is 12.3 Å². The number of carbonyl (C=O) groups excluding carboxylic acids is 1. The number of nitrogens with zero attached hydrogens (tertiary/aromatic N) is 5. The van der Waals surface area contributed by atoms with Crippen molar-refractivity contribution in [2.75, 3.05) is 14.2 Å². The summed E-state index contributed by atoms with van der Waals surface area (Å²) in [5.41, 5.74) is 3.51. The van der Waals surface area contributed by atoms with Gasteiger partial charge in [-0.15, -0.1) is 10.2 Å². The molecule has 0 radical (unpaired) electrons. The number of tetrazole rings is 1. The van der Waals surface area contributed by atoms with Gasteiger partial charge in [0.2, 0.25) is 0 Å². The number of hydrogen-bond donors (Lipinski definition) is 0. The maximum absolute atomic E-state index is 12.4. The molecule has 2 aromatic carbocycles. The number of aryl methyl sites for hydroxylation is 2. The first kappa shape index (κ1) is 21.7. The highest BCUT2D eigenvalue weighted by molar-refractivity contribution is 5.93. The molecule has 0 aliphatic heterocycles. The summed E-state index contributed by atoms with van der Waals surface area (Å²) in [6, 6.07) is 13.3. The van der Waals surface area contributed by atoms with Crippen molar-refractivity contribution in [2.45, 2.75) is 19.3 Å². The minimum Gasteiger partial charge on any atom is -0.496 e. The Morgan fingerprint density at radius 2 is 2.06 bits per heavy atom. The van der Waals surface area contributed by atoms with Crippen molar-refractivity contribution < 1.29 is 14.3 Å². The maximum Gasteiger partial charge on any atom is 0.341 e. The molecule has 31 heavy (non-hydrogen) atoms. The van der Waals surface area contributed by atoms with E-state index in [1.807, 2.05) is 43.3 Å². The minimum atomic E-state index is -0.473. The van der Waals surface area contributed by atoms with E-state index >= 15 is 0 Å². The predicted octanol–water partition coefficient (Wildman–Crippen LogP) is 3.12. The average Bonchev–Trinajstić information content (AvgIpc) is 3.20. The molecule has 8 nitrogen and oxygen atoms in total. The molecule has 0 saturated carbocycles. The Balaban J connectivity index is 2.08. The molecule has 0 aliphatic carbocycles. The fourth-order valence-corrected chi connectivity index (χ4v) is 3.44. The summed E-state index contributed by atoms with van der Waals surface area (Å²) in [5, 5.41) is 21.4. The van der Waals surface area contributed by atoms with Crippen LogP contribution in [-0.2, 0) is 18.2 Å². The van der Waals surface area contributed by atoms with Crippen LogP contribution in [0.2, 0.25) is 0 Å². The van der Waals surface area contributed by atoms with Crippen molar-refractivity contribution in [3.05, 3.63) is 82.2 Å². The van der Waals surface area contributed by atoms with E-state index < -0.39 is 5.97 Å². The SMILES string of the molecule is COC(=O)c1cc(C(C=CCc2nnn(C)n2)c2cccc(C#N)c2)cc(C)c1OC. The van der Waals surface area contributed by atoms with E-state index in [4.69, 9.17) is 9.47 Å². The van der Waals surface area contributed by atoms with Gasteiger partial charge in [0.25, 0.3) is 0 Å². The highest BCUT2D eigenvalue weighted by atomic mass is 16.5. The van der Waals surface area contributed by atoms with E-state index in [1.165, 1.54) is 19.0 Å². The first-order valence-corrected chi connectivity index (χ1v) is 9.63. The minimum absolute atomic E-state index is 0.210. The lowest BCUT2D eigenvalue weighted by atomic mass is 9.87. The monoisotopic (exact) mass is 417 g/mol. The second kappa shape index (κ2) is 9.67. The Morgan fingerprint density at radius 3 is 2.71 bits per heavy atom. The summed E-state index contributed by atoms with van der Waals surface area (Å²) in [4.78, 5) is 13.8. The summed E-state index contributed by atoms with van der Waals surface area (Å²) >= 11 is 0. The molecular formula is C23H23N5O3. The van der Waals surface area contributed by atoms with Gasteiger partial charge in [-0.1, -0.05) is 30.4 Å². The third kappa shape index (κ3) is 4.95. The molecule has 0 aliphatic rings. The van der Waals surface area contributed by atoms with Crippen LogP contribution in [0.15, 0.2) is 48.6 Å². The van der Waals surface area contributed by atoms with E-state index in [0.717, 1.165) is 16.7 Å². The second-order valence-corrected chi connectivity index (χ2v) is 6.95. The van der Waals surface area contributed by atoms with Gasteiger partial charge in [-0.05, 0) is 47.0 Å². The fraction of sp³-hybridized carbons (Fsp3) is 0.261. The van der Waals surface area contributed by atoms with Gasteiger partial charge in [0.05, 0.1) is 32.9 Å². The molecule has 1 atom stereocenters. The van der Waals surface area contributed by atoms with Crippen LogP contribution in [0.1, 0.15) is 44.4 Å². The van der Waals surface area contributed by atoms with Crippen molar-refractivity contribution in [3.63, 3.8) is 0 Å². The Kier molecular flexibility index (Phi) is 6.78. The molecule has 0 saturated heterocycles. The molecule has 1 heterocycles. The molecule has 0 bridgehead atoms. The van der Waals surface area contributed by atoms with Gasteiger partial charge in [0.15, 0.2) is 5.82 Å². The molecule has 0 fully saturated rings. The van der Waals surface area contributed by atoms with Crippen molar-refractivity contribution >= 4 is 5.97 Å². The number of ether oxygens (including phenoxy) is 2. The van der Waals surface area contributed by atoms with E-state index in [9.17, 15) is 10.1 Å². The maximum atomic E-state index is 12.4. The van der Waals surface area contributed by atoms with Crippen LogP contribution in [0.25, 0.3) is 0 Å². The highest BCUT2D eigenvalue weighted by Crippen LogP contribution is 2.33. The quantitative estimate of drug-likeness (QED) is 0.430. The van der Waals surface area contributed by atoms with Crippen molar-refractivity contribution in [1.29, 1.82) is 5.26 Å². The van der Waals surface area contributed by atoms with Crippen LogP contribution in [0.5, 0.6) is 5.75 Å². The second-order valence-electron chi connectivity index (χ2n) is 6.95. The average molecular weight is 417 g/mol. The van der Waals surface area contributed by atoms with Crippen LogP contribution in [-0.4, -0.2) is 40.4 Å². The zero-order chi connectivity index (χ0) is 22.4. The van der Waals surface area contributed by atoms with Gasteiger partial charge in [0.1, 0.15) is 11.3 Å². The Bertz CT molecular complexity index is 1160. The van der Waals surface area contributed by atoms with Crippen LogP contribution in [0.4, 0.5) is 0 Å². The molecule has 0 amide bonds. The smallest absolute Gasteiger partial charge is 0.341 e. The van der Waals surface area contributed by atoms with Crippen LogP contribution in [0.3, 0.4) is 0 Å². The number of aromatic nitrogens is 4. The molecule has 3 rings (SSSR count). The normalized spacial score (nSPS) is 11.8. The standard InChI is InChI=1S/C23H23N5O3/c1-15-11-18(13-20(22(15)30-3)23(29)31-4)19(17-8-5-7-16(12-17)14-24)9-6-10-21-25-27-28(2)26-21/h5-9,11-13,19H,10H2,1-4H3. The Labute approximate surface area is 180 Å². The molecule has 3 aromatic rings. The van der Waals surface area contributed by atoms with Crippen LogP contribution < -0.4 is 4.74 Å². The third-order valence-corrected chi connectivity index (χ3v) is 4.82. The van der Waals surface area contributed by atoms with Gasteiger partial charge in [-0.3, -0.25) is 0 Å². The van der Waals surface area contributed by atoms with E-state index in [0.29, 0.717) is 29.1 Å². The third-order valence-electron chi connectivity index (χ3n) is 4.82. The summed E-state index contributed by atoms with van der Waals surface area (Å²) in [6.07, 6.45) is 4.47. The Hall–Kier alpha value is -3.99. The zero-order valence-electron chi connectivity index (χ0n) is 17.9. The predicted molar refractivity (Wildman–Crippen MR) is 114 cm³/mol. The van der Waals surface area contributed by atoms with Gasteiger partial charge in [-0.2, -0.15) is 10.1 Å². The molecule has 158 valence electrons.